The number of aryl methyl sites for hydroxylation is 3. The summed E-state index contributed by atoms with van der Waals surface area (Å²) in [6.45, 7) is 6.30. The van der Waals surface area contributed by atoms with Crippen LogP contribution in [0.15, 0.2) is 193 Å². The Bertz CT molecular complexity index is 4280. The normalized spacial score (nSPS) is 13.3. The molecule has 0 atom stereocenters. The van der Waals surface area contributed by atoms with Crippen LogP contribution < -0.4 is 4.74 Å². The van der Waals surface area contributed by atoms with E-state index >= 15 is 0 Å². The molecule has 5 aromatic carbocycles. The predicted molar refractivity (Wildman–Crippen MR) is 313 cm³/mol. The molecule has 0 aliphatic carbocycles. The number of nitrogens with one attached hydrogen (secondary N) is 2. The Kier molecular flexibility index (Phi) is 12.0. The molecule has 0 radical (unpaired) electrons. The van der Waals surface area contributed by atoms with Gasteiger partial charge in [0.25, 0.3) is 0 Å². The molecule has 0 unspecified atom stereocenters. The Morgan fingerprint density at radius 1 is 0.500 bits per heavy atom. The molecule has 78 heavy (non-hydrogen) atoms. The third-order valence-electron chi connectivity index (χ3n) is 14.5. The minimum Gasteiger partial charge on any atom is -0.497 e. The summed E-state index contributed by atoms with van der Waals surface area (Å²) in [7, 11) is -1.16. The lowest BCUT2D eigenvalue weighted by Crippen LogP contribution is -2.15. The quantitative estimate of drug-likeness (QED) is 0.140. The fraction of sp³-hybridized carbons (Fsp3) is 0.0615. The molecule has 8 heterocycles. The van der Waals surface area contributed by atoms with Crippen molar-refractivity contribution in [3.8, 4) is 61.5 Å². The van der Waals surface area contributed by atoms with Gasteiger partial charge in [-0.15, -0.1) is 5.10 Å². The zero-order valence-corrected chi connectivity index (χ0v) is 43.0. The van der Waals surface area contributed by atoms with Crippen molar-refractivity contribution in [1.82, 2.24) is 39.4 Å². The molecule has 8 bridgehead atoms. The number of ether oxygens (including phenoxy) is 1. The molecule has 2 N–H and O–H groups in total. The zero-order valence-electron chi connectivity index (χ0n) is 43.0. The van der Waals surface area contributed by atoms with Crippen molar-refractivity contribution < 1.29 is 13.4 Å². The highest BCUT2D eigenvalue weighted by molar-refractivity contribution is 6.41. The Morgan fingerprint density at radius 2 is 0.936 bits per heavy atom. The van der Waals surface area contributed by atoms with Crippen molar-refractivity contribution in [3.05, 3.63) is 239 Å². The van der Waals surface area contributed by atoms with E-state index in [1.165, 1.54) is 22.9 Å². The number of hydrogen-bond acceptors (Lipinski definition) is 6. The third-order valence-corrected chi connectivity index (χ3v) is 14.5. The van der Waals surface area contributed by atoms with Crippen molar-refractivity contribution in [3.63, 3.8) is 0 Å². The monoisotopic (exact) mass is 1020 g/mol. The first-order valence-electron chi connectivity index (χ1n) is 25.6. The molecular formula is C65H48BF2N9O. The van der Waals surface area contributed by atoms with Gasteiger partial charge in [-0.3, -0.25) is 8.63 Å². The summed E-state index contributed by atoms with van der Waals surface area (Å²) in [4.78, 5) is 23.6. The number of aliphatic imine (C=N–C) groups is 1. The van der Waals surface area contributed by atoms with Crippen LogP contribution >= 0.6 is 0 Å². The van der Waals surface area contributed by atoms with E-state index in [2.05, 4.69) is 175 Å². The van der Waals surface area contributed by atoms with Gasteiger partial charge >= 0.3 is 7.40 Å². The summed E-state index contributed by atoms with van der Waals surface area (Å²) in [5.41, 5.74) is 22.0. The van der Waals surface area contributed by atoms with Crippen molar-refractivity contribution in [2.75, 3.05) is 7.11 Å². The predicted octanol–water partition coefficient (Wildman–Crippen LogP) is 15.4. The van der Waals surface area contributed by atoms with Crippen LogP contribution in [0.1, 0.15) is 50.7 Å². The van der Waals surface area contributed by atoms with Crippen molar-refractivity contribution in [2.24, 2.45) is 4.99 Å². The van der Waals surface area contributed by atoms with Crippen LogP contribution in [0, 0.1) is 20.8 Å². The van der Waals surface area contributed by atoms with Crippen molar-refractivity contribution >= 4 is 65.2 Å². The molecule has 0 saturated carbocycles. The summed E-state index contributed by atoms with van der Waals surface area (Å²) in [5.74, 6) is 1.14. The summed E-state index contributed by atoms with van der Waals surface area (Å²) in [6, 6.07) is 53.2. The zero-order chi connectivity index (χ0) is 53.0. The van der Waals surface area contributed by atoms with Crippen LogP contribution in [0.5, 0.6) is 5.75 Å². The lowest BCUT2D eigenvalue weighted by atomic mass is 9.99. The second kappa shape index (κ2) is 19.6. The third kappa shape index (κ3) is 8.80. The van der Waals surface area contributed by atoms with Crippen molar-refractivity contribution in [1.29, 1.82) is 0 Å². The maximum atomic E-state index is 14.3. The molecule has 0 spiro atoms. The van der Waals surface area contributed by atoms with Gasteiger partial charge < -0.3 is 19.2 Å². The van der Waals surface area contributed by atoms with Crippen LogP contribution in [-0.4, -0.2) is 59.8 Å². The van der Waals surface area contributed by atoms with Gasteiger partial charge in [-0.25, -0.2) is 19.6 Å². The Morgan fingerprint density at radius 3 is 1.37 bits per heavy atom. The number of H-pyrrole nitrogens is 2. The Labute approximate surface area is 449 Å². The first-order chi connectivity index (χ1) is 38.1. The largest absolute Gasteiger partial charge is 0.677 e. The number of halogens is 2. The summed E-state index contributed by atoms with van der Waals surface area (Å²) >= 11 is 0. The molecule has 0 saturated heterocycles. The van der Waals surface area contributed by atoms with E-state index in [-0.39, 0.29) is 0 Å². The maximum absolute atomic E-state index is 14.3. The molecule has 10 nitrogen and oxygen atoms in total. The van der Waals surface area contributed by atoms with E-state index in [0.717, 1.165) is 99.4 Å². The highest BCUT2D eigenvalue weighted by Gasteiger charge is 2.26. The summed E-state index contributed by atoms with van der Waals surface area (Å²) in [5, 5.41) is 9.06. The molecule has 3 aliphatic rings. The van der Waals surface area contributed by atoms with Crippen LogP contribution in [0.25, 0.3) is 108 Å². The fourth-order valence-corrected chi connectivity index (χ4v) is 10.5. The number of nitrogens with zero attached hydrogens (tertiary/aromatic N) is 7. The summed E-state index contributed by atoms with van der Waals surface area (Å²) < 4.78 is 36.5. The Hall–Kier alpha value is -10.0. The number of methoxy groups -OCH3 is 1. The Balaban J connectivity index is 0.962. The first kappa shape index (κ1) is 47.7. The molecule has 3 aliphatic heterocycles. The van der Waals surface area contributed by atoms with Gasteiger partial charge in [0.2, 0.25) is 0 Å². The van der Waals surface area contributed by atoms with E-state index in [0.29, 0.717) is 39.8 Å². The van der Waals surface area contributed by atoms with Crippen molar-refractivity contribution in [2.45, 2.75) is 20.8 Å². The number of fused-ring (bicyclic) bond motifs is 8. The van der Waals surface area contributed by atoms with E-state index in [9.17, 15) is 8.63 Å². The molecular weight excluding hydrogens is 972 g/mol. The van der Waals surface area contributed by atoms with E-state index in [1.807, 2.05) is 36.5 Å². The number of rotatable bonds is 9. The number of hydrogen-bond donors (Lipinski definition) is 2. The van der Waals surface area contributed by atoms with Gasteiger partial charge in [0.1, 0.15) is 11.4 Å². The fourth-order valence-electron chi connectivity index (χ4n) is 10.5. The van der Waals surface area contributed by atoms with Gasteiger partial charge in [0.15, 0.2) is 5.84 Å². The second-order valence-electron chi connectivity index (χ2n) is 19.6. The van der Waals surface area contributed by atoms with Gasteiger partial charge in [0.05, 0.1) is 41.8 Å². The van der Waals surface area contributed by atoms with Gasteiger partial charge in [-0.05, 0) is 140 Å². The topological polar surface area (TPSA) is 115 Å². The molecule has 5 aromatic heterocycles. The minimum absolute atomic E-state index is 0.331. The van der Waals surface area contributed by atoms with Gasteiger partial charge in [-0.2, -0.15) is 0 Å². The van der Waals surface area contributed by atoms with E-state index < -0.39 is 7.40 Å². The maximum Gasteiger partial charge on any atom is 0.677 e. The SMILES string of the molecule is COc1ccc(/C(=C2\C=CC(n3cc(-c4ccc(-c5c6nc(c(-c7ccc(C)cc7)c7ccc([nH]7)c(-c7ccc(C)cc7)c7nc(c(-c8ccc(C)cc8)c8ccc5[nH]8)C=C7)C=C6)cc4)nn3)=N2)c2cccn2B(F)F)cc1. The lowest BCUT2D eigenvalue weighted by Gasteiger charge is -2.13. The van der Waals surface area contributed by atoms with Gasteiger partial charge in [-0.1, -0.05) is 131 Å². The first-order valence-corrected chi connectivity index (χ1v) is 25.6. The van der Waals surface area contributed by atoms with Crippen LogP contribution in [0.4, 0.5) is 8.63 Å². The van der Waals surface area contributed by atoms with Crippen LogP contribution in [0.2, 0.25) is 0 Å². The molecule has 10 aromatic rings. The highest BCUT2D eigenvalue weighted by atomic mass is 19.2. The molecule has 0 amide bonds. The van der Waals surface area contributed by atoms with E-state index in [4.69, 9.17) is 19.7 Å². The number of allylic oxidation sites excluding steroid dienone is 2. The average Bonchev–Trinajstić information content (AvgIpc) is 4.34. The van der Waals surface area contributed by atoms with Gasteiger partial charge in [0, 0.05) is 61.2 Å². The number of aromatic amines is 2. The molecule has 13 heteroatoms. The standard InChI is InChI=1S/C65H48BF2N9O/c1-39-7-13-43(14-8-39)61-49-27-29-51(69-49)62(44-15-9-40(2)10-16-44)53-31-33-55(71-53)64(56-34-32-54(72-56)63(52-30-28-50(61)70-52)45-17-11-41(3)12-18-45)46-21-19-42(20-22-46)58-38-77(75-74-58)60-36-35-57(73-60)65(47-23-25-48(78-4)26-24-47)59-6-5-37-76(59)66(67)68/h5-38,69,72H,1-4H3/b61-49?,61-50?,62-51?,62-53?,63-52?,63-54?,64-55?,64-56?,65-57-. The second-order valence-corrected chi connectivity index (χ2v) is 19.6. The smallest absolute Gasteiger partial charge is 0.497 e. The van der Waals surface area contributed by atoms with E-state index in [1.54, 1.807) is 42.1 Å². The summed E-state index contributed by atoms with van der Waals surface area (Å²) in [6.07, 6.45) is 15.3. The lowest BCUT2D eigenvalue weighted by molar-refractivity contribution is 0.415. The number of benzene rings is 5. The molecule has 13 rings (SSSR count). The van der Waals surface area contributed by atoms with Crippen LogP contribution in [-0.2, 0) is 0 Å². The molecule has 376 valence electrons. The number of aromatic nitrogens is 8. The highest BCUT2D eigenvalue weighted by Crippen LogP contribution is 2.40. The average molecular weight is 1020 g/mol. The van der Waals surface area contributed by atoms with Crippen LogP contribution in [0.3, 0.4) is 0 Å². The minimum atomic E-state index is -2.74. The molecule has 0 fully saturated rings.